The van der Waals surface area contributed by atoms with E-state index < -0.39 is 17.2 Å². The van der Waals surface area contributed by atoms with Crippen molar-refractivity contribution >= 4 is 12.0 Å². The molecule has 8 heteroatoms. The van der Waals surface area contributed by atoms with Crippen molar-refractivity contribution in [3.8, 4) is 0 Å². The number of rotatable bonds is 5. The number of hydrogen-bond donors (Lipinski definition) is 2. The highest BCUT2D eigenvalue weighted by Gasteiger charge is 2.52. The summed E-state index contributed by atoms with van der Waals surface area (Å²) in [6.45, 7) is 5.51. The average Bonchev–Trinajstić information content (AvgIpc) is 3.24. The molecule has 0 saturated heterocycles. The Kier molecular flexibility index (Phi) is 4.94. The van der Waals surface area contributed by atoms with Gasteiger partial charge in [-0.25, -0.2) is 9.48 Å². The number of carbonyl (C=O) groups is 2. The lowest BCUT2D eigenvalue weighted by Gasteiger charge is -2.30. The fourth-order valence-corrected chi connectivity index (χ4v) is 3.67. The molecule has 1 aromatic heterocycles. The van der Waals surface area contributed by atoms with E-state index in [1.54, 1.807) is 10.9 Å². The zero-order valence-corrected chi connectivity index (χ0v) is 15.8. The number of amides is 2. The third-order valence-corrected chi connectivity index (χ3v) is 5.24. The Labute approximate surface area is 153 Å². The van der Waals surface area contributed by atoms with Gasteiger partial charge in [-0.2, -0.15) is 0 Å². The van der Waals surface area contributed by atoms with Gasteiger partial charge in [-0.1, -0.05) is 24.5 Å². The van der Waals surface area contributed by atoms with E-state index >= 15 is 0 Å². The highest BCUT2D eigenvalue weighted by molar-refractivity contribution is 5.85. The zero-order valence-electron chi connectivity index (χ0n) is 15.8. The maximum Gasteiger partial charge on any atom is 0.408 e. The number of aromatic nitrogens is 3. The summed E-state index contributed by atoms with van der Waals surface area (Å²) < 4.78 is 6.99. The monoisotopic (exact) mass is 363 g/mol. The van der Waals surface area contributed by atoms with Crippen LogP contribution in [0, 0.1) is 5.92 Å². The fraction of sp³-hybridized carbons (Fsp3) is 0.778. The van der Waals surface area contributed by atoms with Gasteiger partial charge < -0.3 is 15.8 Å². The molecule has 26 heavy (non-hydrogen) atoms. The highest BCUT2D eigenvalue weighted by atomic mass is 16.6. The number of alkyl carbamates (subject to hydrolysis) is 1. The third kappa shape index (κ3) is 3.99. The van der Waals surface area contributed by atoms with E-state index in [1.807, 2.05) is 20.8 Å². The second kappa shape index (κ2) is 6.89. The third-order valence-electron chi connectivity index (χ3n) is 5.24. The van der Waals surface area contributed by atoms with Gasteiger partial charge in [0.1, 0.15) is 16.8 Å². The normalized spacial score (nSPS) is 21.0. The quantitative estimate of drug-likeness (QED) is 0.834. The molecule has 0 aromatic carbocycles. The number of ether oxygens (including phenoxy) is 1. The van der Waals surface area contributed by atoms with Crippen molar-refractivity contribution in [1.29, 1.82) is 0 Å². The number of hydrogen-bond acceptors (Lipinski definition) is 5. The van der Waals surface area contributed by atoms with Crippen molar-refractivity contribution in [1.82, 2.24) is 20.3 Å². The summed E-state index contributed by atoms with van der Waals surface area (Å²) in [5, 5.41) is 11.4. The van der Waals surface area contributed by atoms with Gasteiger partial charge in [-0.15, -0.1) is 5.10 Å². The lowest BCUT2D eigenvalue weighted by Crippen LogP contribution is -2.38. The van der Waals surface area contributed by atoms with E-state index in [4.69, 9.17) is 10.5 Å². The summed E-state index contributed by atoms with van der Waals surface area (Å²) in [5.41, 5.74) is 4.88. The van der Waals surface area contributed by atoms with Crippen LogP contribution < -0.4 is 11.1 Å². The lowest BCUT2D eigenvalue weighted by molar-refractivity contribution is -0.122. The van der Waals surface area contributed by atoms with E-state index in [0.717, 1.165) is 25.7 Å². The summed E-state index contributed by atoms with van der Waals surface area (Å²) in [7, 11) is 0. The first-order valence-electron chi connectivity index (χ1n) is 9.43. The molecule has 3 rings (SSSR count). The molecule has 0 bridgehead atoms. The van der Waals surface area contributed by atoms with Gasteiger partial charge in [0.05, 0.1) is 12.2 Å². The van der Waals surface area contributed by atoms with Gasteiger partial charge in [0.25, 0.3) is 0 Å². The lowest BCUT2D eigenvalue weighted by atomic mass is 9.83. The van der Waals surface area contributed by atoms with Gasteiger partial charge in [-0.05, 0) is 52.4 Å². The smallest absolute Gasteiger partial charge is 0.408 e. The number of nitrogens with two attached hydrogens (primary N) is 1. The van der Waals surface area contributed by atoms with Crippen LogP contribution in [-0.2, 0) is 15.1 Å². The molecule has 2 aliphatic rings. The van der Waals surface area contributed by atoms with Crippen molar-refractivity contribution in [3.63, 3.8) is 0 Å². The Hall–Kier alpha value is -2.12. The van der Waals surface area contributed by atoms with Crippen molar-refractivity contribution in [2.75, 3.05) is 0 Å². The number of nitrogens with one attached hydrogen (secondary N) is 1. The Bertz CT molecular complexity index is 669. The Morgan fingerprint density at radius 2 is 1.96 bits per heavy atom. The first-order chi connectivity index (χ1) is 12.2. The van der Waals surface area contributed by atoms with Gasteiger partial charge in [-0.3, -0.25) is 4.79 Å². The minimum absolute atomic E-state index is 0.275. The number of nitrogens with zero attached hydrogens (tertiary/aromatic N) is 3. The van der Waals surface area contributed by atoms with Crippen molar-refractivity contribution < 1.29 is 14.3 Å². The van der Waals surface area contributed by atoms with E-state index in [-0.39, 0.29) is 17.9 Å². The first-order valence-corrected chi connectivity index (χ1v) is 9.43. The molecule has 0 aliphatic heterocycles. The Morgan fingerprint density at radius 3 is 2.50 bits per heavy atom. The molecule has 8 nitrogen and oxygen atoms in total. The minimum atomic E-state index is -0.742. The summed E-state index contributed by atoms with van der Waals surface area (Å²) in [6, 6.07) is -0.275. The van der Waals surface area contributed by atoms with Crippen LogP contribution in [0.25, 0.3) is 0 Å². The molecule has 1 atom stereocenters. The van der Waals surface area contributed by atoms with Crippen LogP contribution in [-0.4, -0.2) is 32.6 Å². The molecular formula is C18H29N5O3. The largest absolute Gasteiger partial charge is 0.444 e. The summed E-state index contributed by atoms with van der Waals surface area (Å²) >= 11 is 0. The molecule has 3 N–H and O–H groups in total. The van der Waals surface area contributed by atoms with Crippen molar-refractivity contribution in [2.45, 2.75) is 82.9 Å². The molecule has 2 amide bonds. The summed E-state index contributed by atoms with van der Waals surface area (Å²) in [6.07, 6.45) is 8.19. The van der Waals surface area contributed by atoms with Gasteiger partial charge >= 0.3 is 6.09 Å². The zero-order chi connectivity index (χ0) is 18.9. The molecule has 0 unspecified atom stereocenters. The molecule has 1 aromatic rings. The highest BCUT2D eigenvalue weighted by Crippen LogP contribution is 2.43. The molecule has 2 fully saturated rings. The van der Waals surface area contributed by atoms with Crippen LogP contribution in [0.3, 0.4) is 0 Å². The average molecular weight is 363 g/mol. The van der Waals surface area contributed by atoms with Crippen LogP contribution in [0.1, 0.15) is 77.5 Å². The van der Waals surface area contributed by atoms with Crippen molar-refractivity contribution in [3.05, 3.63) is 11.9 Å². The maximum absolute atomic E-state index is 12.3. The molecular weight excluding hydrogens is 334 g/mol. The molecule has 144 valence electrons. The SMILES string of the molecule is CC(C)(C)OC(=O)N[C@H](c1cn(C2(C(N)=O)CC2)nn1)C1CCCCC1. The molecule has 1 heterocycles. The van der Waals surface area contributed by atoms with Gasteiger partial charge in [0.15, 0.2) is 0 Å². The van der Waals surface area contributed by atoms with Crippen LogP contribution in [0.2, 0.25) is 0 Å². The predicted octanol–water partition coefficient (Wildman–Crippen LogP) is 2.40. The number of primary amides is 1. The number of carbonyl (C=O) groups excluding carboxylic acids is 2. The standard InChI is InChI=1S/C18H29N5O3/c1-17(2,3)26-16(25)20-14(12-7-5-4-6-8-12)13-11-23(22-21-13)18(9-10-18)15(19)24/h11-12,14H,4-10H2,1-3H3,(H2,19,24)(H,20,25)/t14-/m0/s1. The summed E-state index contributed by atoms with van der Waals surface area (Å²) in [5.74, 6) is -0.103. The van der Waals surface area contributed by atoms with Crippen LogP contribution >= 0.6 is 0 Å². The van der Waals surface area contributed by atoms with Crippen LogP contribution in [0.5, 0.6) is 0 Å². The first kappa shape index (κ1) is 18.7. The second-order valence-electron chi connectivity index (χ2n) is 8.51. The molecule has 2 saturated carbocycles. The van der Waals surface area contributed by atoms with E-state index in [2.05, 4.69) is 15.6 Å². The minimum Gasteiger partial charge on any atom is -0.444 e. The van der Waals surface area contributed by atoms with E-state index in [0.29, 0.717) is 18.5 Å². The molecule has 0 radical (unpaired) electrons. The Morgan fingerprint density at radius 1 is 1.31 bits per heavy atom. The predicted molar refractivity (Wildman–Crippen MR) is 95.1 cm³/mol. The molecule has 2 aliphatic carbocycles. The summed E-state index contributed by atoms with van der Waals surface area (Å²) in [4.78, 5) is 24.1. The second-order valence-corrected chi connectivity index (χ2v) is 8.51. The van der Waals surface area contributed by atoms with Crippen molar-refractivity contribution in [2.24, 2.45) is 11.7 Å². The Balaban J connectivity index is 1.80. The maximum atomic E-state index is 12.3. The van der Waals surface area contributed by atoms with Crippen LogP contribution in [0.4, 0.5) is 4.79 Å². The van der Waals surface area contributed by atoms with E-state index in [1.165, 1.54) is 6.42 Å². The molecule has 0 spiro atoms. The van der Waals surface area contributed by atoms with Crippen LogP contribution in [0.15, 0.2) is 6.20 Å². The topological polar surface area (TPSA) is 112 Å². The van der Waals surface area contributed by atoms with E-state index in [9.17, 15) is 9.59 Å². The van der Waals surface area contributed by atoms with Gasteiger partial charge in [0, 0.05) is 0 Å². The fourth-order valence-electron chi connectivity index (χ4n) is 3.67. The van der Waals surface area contributed by atoms with Gasteiger partial charge in [0.2, 0.25) is 5.91 Å².